The first-order chi connectivity index (χ1) is 15.2. The van der Waals surface area contributed by atoms with Crippen LogP contribution in [-0.4, -0.2) is 28.0 Å². The van der Waals surface area contributed by atoms with Gasteiger partial charge in [0.1, 0.15) is 5.75 Å². The molecule has 3 aromatic rings. The maximum Gasteiger partial charge on any atom is 0.264 e. The molecule has 0 fully saturated rings. The van der Waals surface area contributed by atoms with Gasteiger partial charge in [-0.2, -0.15) is 0 Å². The highest BCUT2D eigenvalue weighted by Gasteiger charge is 2.25. The van der Waals surface area contributed by atoms with Crippen LogP contribution in [0.1, 0.15) is 17.3 Å². The minimum atomic E-state index is -3.98. The number of carbonyl (C=O) groups is 1. The molecule has 0 saturated carbocycles. The molecule has 3 aromatic carbocycles. The van der Waals surface area contributed by atoms with E-state index >= 15 is 0 Å². The van der Waals surface area contributed by atoms with Gasteiger partial charge in [-0.05, 0) is 49.4 Å². The Hall–Kier alpha value is -3.17. The Morgan fingerprint density at radius 2 is 1.72 bits per heavy atom. The number of anilines is 2. The minimum Gasteiger partial charge on any atom is -0.495 e. The molecule has 0 heterocycles. The van der Waals surface area contributed by atoms with E-state index in [9.17, 15) is 22.0 Å². The largest absolute Gasteiger partial charge is 0.495 e. The van der Waals surface area contributed by atoms with Gasteiger partial charge in [-0.1, -0.05) is 29.8 Å². The summed E-state index contributed by atoms with van der Waals surface area (Å²) < 4.78 is 59.9. The maximum absolute atomic E-state index is 13.6. The lowest BCUT2D eigenvalue weighted by atomic mass is 10.2. The first kappa shape index (κ1) is 23.5. The molecule has 0 bridgehead atoms. The molecule has 10 heteroatoms. The monoisotopic (exact) mass is 480 g/mol. The van der Waals surface area contributed by atoms with E-state index in [2.05, 4.69) is 5.32 Å². The molecule has 0 aliphatic heterocycles. The van der Waals surface area contributed by atoms with Crippen molar-refractivity contribution >= 4 is 38.9 Å². The van der Waals surface area contributed by atoms with Crippen LogP contribution in [-0.2, 0) is 10.0 Å². The third-order valence-electron chi connectivity index (χ3n) is 4.59. The molecular formula is C22H19ClF2N2O4S. The van der Waals surface area contributed by atoms with Gasteiger partial charge in [0.05, 0.1) is 34.0 Å². The summed E-state index contributed by atoms with van der Waals surface area (Å²) in [5, 5.41) is 2.15. The summed E-state index contributed by atoms with van der Waals surface area (Å²) in [4.78, 5) is 12.5. The summed E-state index contributed by atoms with van der Waals surface area (Å²) in [7, 11) is -2.64. The normalized spacial score (nSPS) is 11.2. The van der Waals surface area contributed by atoms with Crippen molar-refractivity contribution in [1.29, 1.82) is 0 Å². The predicted octanol–water partition coefficient (Wildman–Crippen LogP) is 5.09. The molecule has 0 radical (unpaired) electrons. The molecule has 0 aliphatic carbocycles. The summed E-state index contributed by atoms with van der Waals surface area (Å²) in [5.41, 5.74) is 0.175. The van der Waals surface area contributed by atoms with Crippen LogP contribution >= 0.6 is 11.6 Å². The fourth-order valence-corrected chi connectivity index (χ4v) is 4.78. The maximum atomic E-state index is 13.6. The van der Waals surface area contributed by atoms with Crippen molar-refractivity contribution in [3.63, 3.8) is 0 Å². The smallest absolute Gasteiger partial charge is 0.264 e. The zero-order valence-electron chi connectivity index (χ0n) is 17.1. The number of halogens is 3. The second kappa shape index (κ2) is 9.54. The Balaban J connectivity index is 2.00. The van der Waals surface area contributed by atoms with Gasteiger partial charge >= 0.3 is 0 Å². The number of nitrogens with zero attached hydrogens (tertiary/aromatic N) is 1. The number of hydrogen-bond acceptors (Lipinski definition) is 4. The van der Waals surface area contributed by atoms with Crippen molar-refractivity contribution in [2.24, 2.45) is 0 Å². The van der Waals surface area contributed by atoms with E-state index in [1.54, 1.807) is 37.3 Å². The predicted molar refractivity (Wildman–Crippen MR) is 119 cm³/mol. The van der Waals surface area contributed by atoms with Gasteiger partial charge in [-0.3, -0.25) is 9.10 Å². The van der Waals surface area contributed by atoms with E-state index in [1.807, 2.05) is 0 Å². The number of nitrogens with one attached hydrogen (secondary N) is 1. The first-order valence-corrected chi connectivity index (χ1v) is 11.2. The number of hydrogen-bond donors (Lipinski definition) is 1. The molecule has 168 valence electrons. The molecule has 0 saturated heterocycles. The fourth-order valence-electron chi connectivity index (χ4n) is 3.04. The summed E-state index contributed by atoms with van der Waals surface area (Å²) >= 11 is 5.87. The van der Waals surface area contributed by atoms with Gasteiger partial charge in [-0.15, -0.1) is 0 Å². The van der Waals surface area contributed by atoms with Crippen LogP contribution < -0.4 is 14.4 Å². The third-order valence-corrected chi connectivity index (χ3v) is 6.80. The van der Waals surface area contributed by atoms with Gasteiger partial charge in [0.25, 0.3) is 15.9 Å². The highest BCUT2D eigenvalue weighted by Crippen LogP contribution is 2.31. The lowest BCUT2D eigenvalue weighted by Crippen LogP contribution is -2.30. The second-order valence-electron chi connectivity index (χ2n) is 6.57. The molecular weight excluding hydrogens is 462 g/mol. The molecule has 0 spiro atoms. The number of para-hydroxylation sites is 1. The average Bonchev–Trinajstić information content (AvgIpc) is 2.77. The van der Waals surface area contributed by atoms with Crippen LogP contribution in [0.5, 0.6) is 5.75 Å². The van der Waals surface area contributed by atoms with Crippen LogP contribution in [0.4, 0.5) is 20.2 Å². The first-order valence-electron chi connectivity index (χ1n) is 9.40. The third kappa shape index (κ3) is 4.68. The molecule has 6 nitrogen and oxygen atoms in total. The van der Waals surface area contributed by atoms with Crippen molar-refractivity contribution in [3.8, 4) is 5.75 Å². The SMILES string of the molecule is CCN(c1ccccc1)S(=O)(=O)c1ccc(OC)c(NC(=O)c2cc(F)c(F)cc2Cl)c1. The van der Waals surface area contributed by atoms with Crippen molar-refractivity contribution in [2.45, 2.75) is 11.8 Å². The van der Waals surface area contributed by atoms with E-state index in [-0.39, 0.29) is 33.5 Å². The standard InChI is InChI=1S/C22H19ClF2N2O4S/c1-3-27(14-7-5-4-6-8-14)32(29,30)15-9-10-21(31-2)20(11-15)26-22(28)16-12-18(24)19(25)13-17(16)23/h4-13H,3H2,1-2H3,(H,26,28). The highest BCUT2D eigenvalue weighted by atomic mass is 35.5. The lowest BCUT2D eigenvalue weighted by molar-refractivity contribution is 0.102. The Bertz CT molecular complexity index is 1250. The average molecular weight is 481 g/mol. The number of carbonyl (C=O) groups excluding carboxylic acids is 1. The van der Waals surface area contributed by atoms with Gasteiger partial charge in [0, 0.05) is 6.54 Å². The van der Waals surface area contributed by atoms with E-state index in [0.717, 1.165) is 0 Å². The number of amides is 1. The molecule has 1 N–H and O–H groups in total. The van der Waals surface area contributed by atoms with Crippen molar-refractivity contribution in [1.82, 2.24) is 0 Å². The topological polar surface area (TPSA) is 75.7 Å². The Morgan fingerprint density at radius 3 is 2.34 bits per heavy atom. The fraction of sp³-hybridized carbons (Fsp3) is 0.136. The minimum absolute atomic E-state index is 0.0171. The lowest BCUT2D eigenvalue weighted by Gasteiger charge is -2.23. The Labute approximate surface area is 189 Å². The zero-order valence-corrected chi connectivity index (χ0v) is 18.7. The van der Waals surface area contributed by atoms with Crippen molar-refractivity contribution < 1.29 is 26.7 Å². The number of ether oxygens (including phenoxy) is 1. The van der Waals surface area contributed by atoms with Gasteiger partial charge in [0.2, 0.25) is 0 Å². The number of methoxy groups -OCH3 is 1. The Kier molecular flexibility index (Phi) is 7.00. The van der Waals surface area contributed by atoms with Crippen LogP contribution in [0.3, 0.4) is 0 Å². The second-order valence-corrected chi connectivity index (χ2v) is 8.84. The molecule has 1 amide bonds. The van der Waals surface area contributed by atoms with E-state index < -0.39 is 27.6 Å². The summed E-state index contributed by atoms with van der Waals surface area (Å²) in [6, 6.07) is 13.8. The van der Waals surface area contributed by atoms with E-state index in [0.29, 0.717) is 17.8 Å². The summed E-state index contributed by atoms with van der Waals surface area (Å²) in [6.07, 6.45) is 0. The van der Waals surface area contributed by atoms with E-state index in [1.165, 1.54) is 29.6 Å². The molecule has 0 atom stereocenters. The zero-order chi connectivity index (χ0) is 23.5. The van der Waals surface area contributed by atoms with Gasteiger partial charge < -0.3 is 10.1 Å². The van der Waals surface area contributed by atoms with Crippen molar-refractivity contribution in [3.05, 3.63) is 82.9 Å². The molecule has 0 aromatic heterocycles. The number of sulfonamides is 1. The molecule has 0 aliphatic rings. The van der Waals surface area contributed by atoms with Crippen LogP contribution in [0.25, 0.3) is 0 Å². The van der Waals surface area contributed by atoms with Crippen LogP contribution in [0.15, 0.2) is 65.6 Å². The molecule has 0 unspecified atom stereocenters. The van der Waals surface area contributed by atoms with Crippen LogP contribution in [0.2, 0.25) is 5.02 Å². The quantitative estimate of drug-likeness (QED) is 0.478. The summed E-state index contributed by atoms with van der Waals surface area (Å²) in [6.45, 7) is 1.87. The molecule has 3 rings (SSSR count). The molecule has 32 heavy (non-hydrogen) atoms. The number of benzene rings is 3. The van der Waals surface area contributed by atoms with Crippen LogP contribution in [0, 0.1) is 11.6 Å². The van der Waals surface area contributed by atoms with Gasteiger partial charge in [0.15, 0.2) is 11.6 Å². The van der Waals surface area contributed by atoms with Gasteiger partial charge in [-0.25, -0.2) is 17.2 Å². The van der Waals surface area contributed by atoms with Crippen molar-refractivity contribution in [2.75, 3.05) is 23.3 Å². The number of rotatable bonds is 7. The Morgan fingerprint density at radius 1 is 1.06 bits per heavy atom. The highest BCUT2D eigenvalue weighted by molar-refractivity contribution is 7.92. The van der Waals surface area contributed by atoms with E-state index in [4.69, 9.17) is 16.3 Å². The summed E-state index contributed by atoms with van der Waals surface area (Å²) in [5.74, 6) is -3.14.